The van der Waals surface area contributed by atoms with E-state index < -0.39 is 9.84 Å². The summed E-state index contributed by atoms with van der Waals surface area (Å²) in [5, 5.41) is 22.5. The number of likely N-dealkylation sites (tertiary alicyclic amines) is 1. The van der Waals surface area contributed by atoms with Gasteiger partial charge >= 0.3 is 0 Å². The standard InChI is InChI=1S/C34H35N5O4S/c1-23-18-26(6-5-15-35)19-24(2)32(23)43-33-31(27-7-4-8-29(40)20-27)21-36-34(38-33)37-28-13-16-39(17-14-28)22-25-9-11-30(12-10-25)44(3,41)42/h4-12,18-21,28,40H,13-14,16-17,22H2,1-3H3,(H,36,37,38)/b6-5+. The normalized spacial score (nSPS) is 14.4. The SMILES string of the molecule is Cc1cc(/C=C/C#N)cc(C)c1Oc1nc(NC2CCN(Cc3ccc(S(C)(=O)=O)cc3)CC2)ncc1-c1cccc(O)c1. The van der Waals surface area contributed by atoms with Crippen LogP contribution in [0.2, 0.25) is 0 Å². The molecule has 1 aliphatic heterocycles. The Balaban J connectivity index is 1.32. The zero-order valence-electron chi connectivity index (χ0n) is 25.0. The van der Waals surface area contributed by atoms with Crippen LogP contribution in [0.1, 0.15) is 35.1 Å². The predicted octanol–water partition coefficient (Wildman–Crippen LogP) is 6.28. The summed E-state index contributed by atoms with van der Waals surface area (Å²) < 4.78 is 30.0. The molecular formula is C34H35N5O4S. The van der Waals surface area contributed by atoms with Crippen LogP contribution in [0.15, 0.2) is 77.8 Å². The van der Waals surface area contributed by atoms with Gasteiger partial charge in [0.15, 0.2) is 9.84 Å². The van der Waals surface area contributed by atoms with Gasteiger partial charge in [-0.2, -0.15) is 10.2 Å². The van der Waals surface area contributed by atoms with Crippen LogP contribution in [0, 0.1) is 25.2 Å². The molecule has 1 saturated heterocycles. The van der Waals surface area contributed by atoms with Crippen LogP contribution in [0.4, 0.5) is 5.95 Å². The molecule has 0 amide bonds. The van der Waals surface area contributed by atoms with Gasteiger partial charge in [0, 0.05) is 44.2 Å². The van der Waals surface area contributed by atoms with E-state index in [1.54, 1.807) is 42.6 Å². The molecule has 0 unspecified atom stereocenters. The summed E-state index contributed by atoms with van der Waals surface area (Å²) in [6.45, 7) is 6.42. The first-order valence-electron chi connectivity index (χ1n) is 14.4. The molecule has 9 nitrogen and oxygen atoms in total. The topological polar surface area (TPSA) is 128 Å². The Morgan fingerprint density at radius 3 is 2.43 bits per heavy atom. The summed E-state index contributed by atoms with van der Waals surface area (Å²) in [4.78, 5) is 12.1. The number of aromatic nitrogens is 2. The average Bonchev–Trinajstić information content (AvgIpc) is 2.99. The van der Waals surface area contributed by atoms with E-state index in [0.29, 0.717) is 28.0 Å². The van der Waals surface area contributed by atoms with Crippen molar-refractivity contribution in [3.8, 4) is 34.6 Å². The molecule has 2 N–H and O–H groups in total. The third kappa shape index (κ3) is 7.61. The molecule has 10 heteroatoms. The lowest BCUT2D eigenvalue weighted by Crippen LogP contribution is -2.39. The number of aryl methyl sites for hydroxylation is 2. The lowest BCUT2D eigenvalue weighted by molar-refractivity contribution is 0.211. The second-order valence-corrected chi connectivity index (χ2v) is 13.1. The summed E-state index contributed by atoms with van der Waals surface area (Å²) in [5.74, 6) is 1.63. The van der Waals surface area contributed by atoms with Gasteiger partial charge in [-0.05, 0) is 97.0 Å². The van der Waals surface area contributed by atoms with Crippen LogP contribution in [-0.4, -0.2) is 53.8 Å². The summed E-state index contributed by atoms with van der Waals surface area (Å²) in [7, 11) is -3.21. The lowest BCUT2D eigenvalue weighted by atomic mass is 10.0. The minimum Gasteiger partial charge on any atom is -0.508 e. The van der Waals surface area contributed by atoms with Gasteiger partial charge in [-0.15, -0.1) is 0 Å². The molecule has 1 fully saturated rings. The van der Waals surface area contributed by atoms with Crippen molar-refractivity contribution < 1.29 is 18.3 Å². The molecule has 0 bridgehead atoms. The highest BCUT2D eigenvalue weighted by Crippen LogP contribution is 2.36. The third-order valence-electron chi connectivity index (χ3n) is 7.62. The molecule has 3 aromatic carbocycles. The van der Waals surface area contributed by atoms with Crippen LogP contribution in [-0.2, 0) is 16.4 Å². The number of hydrogen-bond donors (Lipinski definition) is 2. The van der Waals surface area contributed by atoms with E-state index in [1.165, 1.54) is 12.3 Å². The van der Waals surface area contributed by atoms with Crippen LogP contribution in [0.3, 0.4) is 0 Å². The Bertz CT molecular complexity index is 1800. The monoisotopic (exact) mass is 609 g/mol. The largest absolute Gasteiger partial charge is 0.508 e. The first-order chi connectivity index (χ1) is 21.1. The molecule has 0 saturated carbocycles. The first-order valence-corrected chi connectivity index (χ1v) is 16.3. The Labute approximate surface area is 258 Å². The number of nitrogens with zero attached hydrogens (tertiary/aromatic N) is 4. The number of sulfone groups is 1. The number of hydrogen-bond acceptors (Lipinski definition) is 9. The minimum absolute atomic E-state index is 0.134. The number of phenols is 1. The smallest absolute Gasteiger partial charge is 0.231 e. The Morgan fingerprint density at radius 1 is 1.09 bits per heavy atom. The molecule has 44 heavy (non-hydrogen) atoms. The maximum absolute atomic E-state index is 11.8. The molecule has 1 aromatic heterocycles. The summed E-state index contributed by atoms with van der Waals surface area (Å²) in [6, 6.07) is 20.1. The third-order valence-corrected chi connectivity index (χ3v) is 8.75. The number of ether oxygens (including phenoxy) is 1. The summed E-state index contributed by atoms with van der Waals surface area (Å²) >= 11 is 0. The molecule has 0 aliphatic carbocycles. The molecule has 4 aromatic rings. The van der Waals surface area contributed by atoms with Gasteiger partial charge in [-0.3, -0.25) is 4.90 Å². The van der Waals surface area contributed by atoms with Crippen molar-refractivity contribution >= 4 is 21.9 Å². The van der Waals surface area contributed by atoms with Gasteiger partial charge in [0.1, 0.15) is 11.5 Å². The molecule has 226 valence electrons. The zero-order valence-corrected chi connectivity index (χ0v) is 25.8. The van der Waals surface area contributed by atoms with Crippen molar-refractivity contribution in [1.29, 1.82) is 5.26 Å². The lowest BCUT2D eigenvalue weighted by Gasteiger charge is -2.32. The number of piperidine rings is 1. The molecular weight excluding hydrogens is 574 g/mol. The molecule has 5 rings (SSSR count). The highest BCUT2D eigenvalue weighted by molar-refractivity contribution is 7.90. The number of benzene rings is 3. The summed E-state index contributed by atoms with van der Waals surface area (Å²) in [6.07, 6.45) is 7.92. The molecule has 1 aliphatic rings. The van der Waals surface area contributed by atoms with Crippen molar-refractivity contribution in [3.63, 3.8) is 0 Å². The quantitative estimate of drug-likeness (QED) is 0.211. The highest BCUT2D eigenvalue weighted by Gasteiger charge is 2.22. The maximum atomic E-state index is 11.8. The minimum atomic E-state index is -3.21. The van der Waals surface area contributed by atoms with Crippen LogP contribution in [0.5, 0.6) is 17.4 Å². The number of anilines is 1. The fraction of sp³-hybridized carbons (Fsp3) is 0.265. The van der Waals surface area contributed by atoms with Gasteiger partial charge in [0.2, 0.25) is 11.8 Å². The first kappa shape index (κ1) is 30.7. The van der Waals surface area contributed by atoms with E-state index in [-0.39, 0.29) is 11.8 Å². The van der Waals surface area contributed by atoms with E-state index in [1.807, 2.05) is 50.2 Å². The van der Waals surface area contributed by atoms with E-state index in [9.17, 15) is 13.5 Å². The van der Waals surface area contributed by atoms with Gasteiger partial charge in [0.25, 0.3) is 0 Å². The Morgan fingerprint density at radius 2 is 1.80 bits per heavy atom. The van der Waals surface area contributed by atoms with Crippen molar-refractivity contribution in [1.82, 2.24) is 14.9 Å². The fourth-order valence-corrected chi connectivity index (χ4v) is 6.00. The number of rotatable bonds is 9. The van der Waals surface area contributed by atoms with Gasteiger partial charge < -0.3 is 15.2 Å². The second kappa shape index (κ2) is 13.3. The number of phenolic OH excluding ortho intramolecular Hbond substituents is 1. The molecule has 0 atom stereocenters. The van der Waals surface area contributed by atoms with Gasteiger partial charge in [-0.1, -0.05) is 24.3 Å². The maximum Gasteiger partial charge on any atom is 0.231 e. The van der Waals surface area contributed by atoms with Crippen LogP contribution in [0.25, 0.3) is 17.2 Å². The van der Waals surface area contributed by atoms with Crippen molar-refractivity contribution in [3.05, 3.63) is 95.2 Å². The van der Waals surface area contributed by atoms with Crippen molar-refractivity contribution in [2.45, 2.75) is 44.2 Å². The van der Waals surface area contributed by atoms with Crippen molar-refractivity contribution in [2.75, 3.05) is 24.7 Å². The average molecular weight is 610 g/mol. The van der Waals surface area contributed by atoms with E-state index in [4.69, 9.17) is 15.0 Å². The Hall–Kier alpha value is -4.72. The van der Waals surface area contributed by atoms with Gasteiger partial charge in [0.05, 0.1) is 16.5 Å². The number of aromatic hydroxyl groups is 1. The second-order valence-electron chi connectivity index (χ2n) is 11.1. The molecule has 0 spiro atoms. The van der Waals surface area contributed by atoms with Crippen LogP contribution >= 0.6 is 0 Å². The van der Waals surface area contributed by atoms with E-state index in [2.05, 4.69) is 15.2 Å². The van der Waals surface area contributed by atoms with E-state index >= 15 is 0 Å². The van der Waals surface area contributed by atoms with Crippen molar-refractivity contribution in [2.24, 2.45) is 0 Å². The molecule has 0 radical (unpaired) electrons. The Kier molecular flexibility index (Phi) is 9.28. The van der Waals surface area contributed by atoms with Crippen LogP contribution < -0.4 is 10.1 Å². The molecule has 2 heterocycles. The number of allylic oxidation sites excluding steroid dienone is 1. The number of nitrogens with one attached hydrogen (secondary N) is 1. The highest BCUT2D eigenvalue weighted by atomic mass is 32.2. The fourth-order valence-electron chi connectivity index (χ4n) is 5.37. The number of nitriles is 1. The predicted molar refractivity (Wildman–Crippen MR) is 171 cm³/mol. The van der Waals surface area contributed by atoms with Gasteiger partial charge in [-0.25, -0.2) is 13.4 Å². The summed E-state index contributed by atoms with van der Waals surface area (Å²) in [5.41, 5.74) is 5.16. The van der Waals surface area contributed by atoms with E-state index in [0.717, 1.165) is 60.3 Å². The zero-order chi connectivity index (χ0) is 31.3.